The number of hydrogen-bond acceptors (Lipinski definition) is 2. The predicted molar refractivity (Wildman–Crippen MR) is 48.9 cm³/mol. The maximum atomic E-state index is 9.58. The summed E-state index contributed by atoms with van der Waals surface area (Å²) in [5.74, 6) is 1.14. The van der Waals surface area contributed by atoms with Gasteiger partial charge in [0, 0.05) is 18.6 Å². The van der Waals surface area contributed by atoms with Crippen LogP contribution in [0.2, 0.25) is 0 Å². The fourth-order valence-electron chi connectivity index (χ4n) is 2.41. The standard InChI is InChI=1S/C10H19NO/c1-10(2,3)11-5-7-4-8(6-11)9(7)12/h7-9,12H,4-6H2,1-3H3. The van der Waals surface area contributed by atoms with Gasteiger partial charge in [-0.05, 0) is 39.0 Å². The molecule has 0 aromatic rings. The van der Waals surface area contributed by atoms with Gasteiger partial charge in [-0.25, -0.2) is 0 Å². The van der Waals surface area contributed by atoms with Crippen molar-refractivity contribution in [3.8, 4) is 0 Å². The Kier molecular flexibility index (Phi) is 1.74. The molecule has 0 radical (unpaired) electrons. The quantitative estimate of drug-likeness (QED) is 0.587. The van der Waals surface area contributed by atoms with E-state index in [0.29, 0.717) is 11.8 Å². The van der Waals surface area contributed by atoms with Crippen LogP contribution in [0, 0.1) is 11.8 Å². The van der Waals surface area contributed by atoms with Crippen molar-refractivity contribution >= 4 is 0 Å². The Morgan fingerprint density at radius 1 is 1.17 bits per heavy atom. The number of hydrogen-bond donors (Lipinski definition) is 1. The largest absolute Gasteiger partial charge is 0.392 e. The molecule has 1 aliphatic carbocycles. The van der Waals surface area contributed by atoms with E-state index in [9.17, 15) is 5.11 Å². The Hall–Kier alpha value is -0.0800. The first-order chi connectivity index (χ1) is 5.48. The van der Waals surface area contributed by atoms with Crippen molar-refractivity contribution in [2.24, 2.45) is 11.8 Å². The van der Waals surface area contributed by atoms with Gasteiger partial charge in [0.05, 0.1) is 6.10 Å². The van der Waals surface area contributed by atoms with E-state index in [1.54, 1.807) is 0 Å². The SMILES string of the molecule is CC(C)(C)N1CC2CC(C1)C2O. The summed E-state index contributed by atoms with van der Waals surface area (Å²) in [7, 11) is 0. The van der Waals surface area contributed by atoms with Gasteiger partial charge < -0.3 is 5.11 Å². The molecule has 2 heteroatoms. The summed E-state index contributed by atoms with van der Waals surface area (Å²) in [4.78, 5) is 2.50. The minimum Gasteiger partial charge on any atom is -0.392 e. The van der Waals surface area contributed by atoms with Gasteiger partial charge >= 0.3 is 0 Å². The minimum atomic E-state index is 0.0172. The lowest BCUT2D eigenvalue weighted by atomic mass is 9.67. The van der Waals surface area contributed by atoms with Crippen molar-refractivity contribution in [3.05, 3.63) is 0 Å². The molecular weight excluding hydrogens is 150 g/mol. The van der Waals surface area contributed by atoms with Gasteiger partial charge in [-0.2, -0.15) is 0 Å². The summed E-state index contributed by atoms with van der Waals surface area (Å²) in [6, 6.07) is 0. The van der Waals surface area contributed by atoms with E-state index < -0.39 is 0 Å². The number of aliphatic hydroxyl groups is 1. The lowest BCUT2D eigenvalue weighted by molar-refractivity contribution is -0.127. The summed E-state index contributed by atoms with van der Waals surface area (Å²) in [5, 5.41) is 9.58. The van der Waals surface area contributed by atoms with Gasteiger partial charge in [-0.1, -0.05) is 0 Å². The molecule has 2 unspecified atom stereocenters. The van der Waals surface area contributed by atoms with Gasteiger partial charge in [-0.15, -0.1) is 0 Å². The van der Waals surface area contributed by atoms with Crippen LogP contribution in [-0.4, -0.2) is 34.7 Å². The average molecular weight is 169 g/mol. The molecule has 2 saturated heterocycles. The van der Waals surface area contributed by atoms with Crippen molar-refractivity contribution in [1.82, 2.24) is 4.90 Å². The van der Waals surface area contributed by atoms with Crippen LogP contribution in [0.25, 0.3) is 0 Å². The summed E-state index contributed by atoms with van der Waals surface area (Å²) < 4.78 is 0. The smallest absolute Gasteiger partial charge is 0.0621 e. The third kappa shape index (κ3) is 1.17. The summed E-state index contributed by atoms with van der Waals surface area (Å²) >= 11 is 0. The highest BCUT2D eigenvalue weighted by Gasteiger charge is 2.47. The molecule has 1 saturated carbocycles. The van der Waals surface area contributed by atoms with Crippen molar-refractivity contribution in [3.63, 3.8) is 0 Å². The molecule has 2 bridgehead atoms. The monoisotopic (exact) mass is 169 g/mol. The van der Waals surface area contributed by atoms with Crippen LogP contribution in [0.5, 0.6) is 0 Å². The Labute approximate surface area is 74.6 Å². The van der Waals surface area contributed by atoms with Gasteiger partial charge in [-0.3, -0.25) is 4.90 Å². The number of nitrogens with zero attached hydrogens (tertiary/aromatic N) is 1. The van der Waals surface area contributed by atoms with Gasteiger partial charge in [0.2, 0.25) is 0 Å². The molecule has 3 rings (SSSR count). The van der Waals surface area contributed by atoms with Crippen LogP contribution < -0.4 is 0 Å². The van der Waals surface area contributed by atoms with Gasteiger partial charge in [0.1, 0.15) is 0 Å². The van der Waals surface area contributed by atoms with Crippen LogP contribution >= 0.6 is 0 Å². The predicted octanol–water partition coefficient (Wildman–Crippen LogP) is 1.10. The van der Waals surface area contributed by atoms with Crippen LogP contribution in [-0.2, 0) is 0 Å². The molecule has 0 amide bonds. The molecule has 2 nitrogen and oxygen atoms in total. The number of rotatable bonds is 0. The van der Waals surface area contributed by atoms with Crippen LogP contribution in [0.4, 0.5) is 0 Å². The molecule has 1 N–H and O–H groups in total. The van der Waals surface area contributed by atoms with Crippen molar-refractivity contribution in [2.45, 2.75) is 38.8 Å². The molecule has 0 aromatic carbocycles. The lowest BCUT2D eigenvalue weighted by Crippen LogP contribution is -2.62. The molecule has 3 fully saturated rings. The first kappa shape index (κ1) is 8.52. The molecule has 3 aliphatic rings. The molecule has 2 aliphatic heterocycles. The van der Waals surface area contributed by atoms with Gasteiger partial charge in [0.15, 0.2) is 0 Å². The van der Waals surface area contributed by atoms with E-state index in [1.807, 2.05) is 0 Å². The molecule has 2 heterocycles. The molecule has 12 heavy (non-hydrogen) atoms. The number of fused-ring (bicyclic) bond motifs is 2. The fourth-order valence-corrected chi connectivity index (χ4v) is 2.41. The molecule has 2 atom stereocenters. The third-order valence-electron chi connectivity index (χ3n) is 3.43. The van der Waals surface area contributed by atoms with Crippen LogP contribution in [0.15, 0.2) is 0 Å². The average Bonchev–Trinajstić information content (AvgIpc) is 2.02. The zero-order valence-corrected chi connectivity index (χ0v) is 8.25. The summed E-state index contributed by atoms with van der Waals surface area (Å²) in [6.07, 6.45) is 1.27. The third-order valence-corrected chi connectivity index (χ3v) is 3.43. The highest BCUT2D eigenvalue weighted by Crippen LogP contribution is 2.41. The zero-order valence-electron chi connectivity index (χ0n) is 8.25. The Morgan fingerprint density at radius 2 is 1.67 bits per heavy atom. The Bertz CT molecular complexity index is 173. The highest BCUT2D eigenvalue weighted by atomic mass is 16.3. The van der Waals surface area contributed by atoms with Gasteiger partial charge in [0.25, 0.3) is 0 Å². The highest BCUT2D eigenvalue weighted by molar-refractivity contribution is 4.99. The van der Waals surface area contributed by atoms with E-state index in [1.165, 1.54) is 6.42 Å². The van der Waals surface area contributed by atoms with Crippen molar-refractivity contribution in [2.75, 3.05) is 13.1 Å². The zero-order chi connectivity index (χ0) is 8.93. The summed E-state index contributed by atoms with van der Waals surface area (Å²) in [6.45, 7) is 8.96. The molecule has 70 valence electrons. The topological polar surface area (TPSA) is 23.5 Å². The minimum absolute atomic E-state index is 0.0172. The normalized spacial score (nSPS) is 42.5. The molecular formula is C10H19NO. The number of aliphatic hydroxyl groups excluding tert-OH is 1. The van der Waals surface area contributed by atoms with Crippen LogP contribution in [0.3, 0.4) is 0 Å². The van der Waals surface area contributed by atoms with Crippen molar-refractivity contribution in [1.29, 1.82) is 0 Å². The van der Waals surface area contributed by atoms with Crippen molar-refractivity contribution < 1.29 is 5.11 Å². The first-order valence-corrected chi connectivity index (χ1v) is 4.91. The first-order valence-electron chi connectivity index (χ1n) is 4.91. The fraction of sp³-hybridized carbons (Fsp3) is 1.00. The maximum absolute atomic E-state index is 9.58. The maximum Gasteiger partial charge on any atom is 0.0621 e. The van der Waals surface area contributed by atoms with E-state index in [0.717, 1.165) is 13.1 Å². The lowest BCUT2D eigenvalue weighted by Gasteiger charge is -2.54. The number of piperidine rings is 2. The molecule has 0 spiro atoms. The summed E-state index contributed by atoms with van der Waals surface area (Å²) in [5.41, 5.74) is 0.289. The van der Waals surface area contributed by atoms with E-state index >= 15 is 0 Å². The van der Waals surface area contributed by atoms with Crippen LogP contribution in [0.1, 0.15) is 27.2 Å². The second kappa shape index (κ2) is 2.46. The Balaban J connectivity index is 1.99. The van der Waals surface area contributed by atoms with E-state index in [4.69, 9.17) is 0 Å². The van der Waals surface area contributed by atoms with E-state index in [2.05, 4.69) is 25.7 Å². The Morgan fingerprint density at radius 3 is 2.00 bits per heavy atom. The molecule has 0 aromatic heterocycles. The second-order valence-corrected chi connectivity index (χ2v) is 5.32. The second-order valence-electron chi connectivity index (χ2n) is 5.32. The van der Waals surface area contributed by atoms with E-state index in [-0.39, 0.29) is 11.6 Å².